The fourth-order valence-corrected chi connectivity index (χ4v) is 6.08. The molecule has 0 bridgehead atoms. The predicted octanol–water partition coefficient (Wildman–Crippen LogP) is 1.70. The van der Waals surface area contributed by atoms with Crippen molar-refractivity contribution in [2.45, 2.75) is 58.8 Å². The first kappa shape index (κ1) is 26.8. The minimum Gasteiger partial charge on any atom is -0.394 e. The van der Waals surface area contributed by atoms with Gasteiger partial charge in [0.25, 0.3) is 0 Å². The summed E-state index contributed by atoms with van der Waals surface area (Å²) < 4.78 is 1.60. The van der Waals surface area contributed by atoms with Gasteiger partial charge in [-0.2, -0.15) is 0 Å². The van der Waals surface area contributed by atoms with E-state index < -0.39 is 29.8 Å². The zero-order valence-corrected chi connectivity index (χ0v) is 22.0. The Labute approximate surface area is 217 Å². The van der Waals surface area contributed by atoms with Gasteiger partial charge in [-0.1, -0.05) is 56.7 Å². The molecule has 1 saturated heterocycles. The Kier molecular flexibility index (Phi) is 8.26. The molecule has 0 unspecified atom stereocenters. The topological polar surface area (TPSA) is 129 Å². The van der Waals surface area contributed by atoms with Gasteiger partial charge in [-0.05, 0) is 36.8 Å². The number of aromatic nitrogens is 3. The minimum atomic E-state index is -0.839. The Morgan fingerprint density at radius 2 is 1.92 bits per heavy atom. The Balaban J connectivity index is 1.68. The molecule has 0 radical (unpaired) electrons. The maximum Gasteiger partial charge on any atom is 0.244 e. The standard InChI is InChI=1S/C27H38N6O4/c1-5-8-17-11-12-19-23(22(17)25(35)28-4)27(37)33(18(14-34)13-16(2)3)24(19)26(36)29-15-32-21-10-7-6-9-20(21)30-31-32/h6-7,9-12,16-19,22-24,34H,5,8,13-15H2,1-4H3,(H,28,35)(H,29,36)/t17-,18-,19+,22-,23+,24+/m1/s1. The molecule has 37 heavy (non-hydrogen) atoms. The quantitative estimate of drug-likeness (QED) is 0.417. The molecule has 6 atom stereocenters. The van der Waals surface area contributed by atoms with Crippen LogP contribution in [0.3, 0.4) is 0 Å². The van der Waals surface area contributed by atoms with Gasteiger partial charge in [0.15, 0.2) is 0 Å². The number of fused-ring (bicyclic) bond motifs is 2. The van der Waals surface area contributed by atoms with Crippen molar-refractivity contribution < 1.29 is 19.5 Å². The average molecular weight is 511 g/mol. The van der Waals surface area contributed by atoms with Gasteiger partial charge in [0, 0.05) is 13.0 Å². The van der Waals surface area contributed by atoms with Gasteiger partial charge < -0.3 is 20.6 Å². The fourth-order valence-electron chi connectivity index (χ4n) is 6.08. The van der Waals surface area contributed by atoms with Crippen LogP contribution in [0, 0.1) is 29.6 Å². The highest BCUT2D eigenvalue weighted by Crippen LogP contribution is 2.46. The van der Waals surface area contributed by atoms with Crippen LogP contribution in [0.15, 0.2) is 36.4 Å². The summed E-state index contributed by atoms with van der Waals surface area (Å²) >= 11 is 0. The number of nitrogens with zero attached hydrogens (tertiary/aromatic N) is 4. The number of aliphatic hydroxyl groups excluding tert-OH is 1. The van der Waals surface area contributed by atoms with Crippen LogP contribution in [0.4, 0.5) is 0 Å². The molecular formula is C27H38N6O4. The van der Waals surface area contributed by atoms with E-state index in [9.17, 15) is 19.5 Å². The molecule has 2 heterocycles. The Bertz CT molecular complexity index is 1160. The Hall–Kier alpha value is -3.27. The Morgan fingerprint density at radius 3 is 2.59 bits per heavy atom. The number of amides is 3. The lowest BCUT2D eigenvalue weighted by molar-refractivity contribution is -0.143. The molecule has 2 aliphatic rings. The first-order valence-electron chi connectivity index (χ1n) is 13.2. The molecule has 0 saturated carbocycles. The van der Waals surface area contributed by atoms with Crippen LogP contribution < -0.4 is 10.6 Å². The first-order chi connectivity index (χ1) is 17.8. The molecular weight excluding hydrogens is 472 g/mol. The number of hydrogen-bond donors (Lipinski definition) is 3. The number of carbonyl (C=O) groups excluding carboxylic acids is 3. The normalized spacial score (nSPS) is 25.9. The summed E-state index contributed by atoms with van der Waals surface area (Å²) in [6, 6.07) is 6.11. The lowest BCUT2D eigenvalue weighted by Gasteiger charge is -2.34. The number of para-hydroxylation sites is 1. The highest BCUT2D eigenvalue weighted by Gasteiger charge is 2.58. The summed E-state index contributed by atoms with van der Waals surface area (Å²) in [6.07, 6.45) is 6.15. The fraction of sp³-hybridized carbons (Fsp3) is 0.593. The second-order valence-corrected chi connectivity index (χ2v) is 10.5. The van der Waals surface area contributed by atoms with Crippen LogP contribution >= 0.6 is 0 Å². The van der Waals surface area contributed by atoms with Crippen LogP contribution in [-0.2, 0) is 21.1 Å². The van der Waals surface area contributed by atoms with Crippen molar-refractivity contribution >= 4 is 28.8 Å². The number of rotatable bonds is 10. The summed E-state index contributed by atoms with van der Waals surface area (Å²) in [6.45, 7) is 5.92. The molecule has 200 valence electrons. The molecule has 1 fully saturated rings. The molecule has 1 aromatic heterocycles. The van der Waals surface area contributed by atoms with Gasteiger partial charge in [-0.3, -0.25) is 14.4 Å². The van der Waals surface area contributed by atoms with E-state index in [2.05, 4.69) is 27.9 Å². The summed E-state index contributed by atoms with van der Waals surface area (Å²) in [5, 5.41) is 24.3. The predicted molar refractivity (Wildman–Crippen MR) is 139 cm³/mol. The van der Waals surface area contributed by atoms with Crippen molar-refractivity contribution in [1.29, 1.82) is 0 Å². The maximum absolute atomic E-state index is 14.0. The van der Waals surface area contributed by atoms with Crippen LogP contribution in [0.5, 0.6) is 0 Å². The minimum absolute atomic E-state index is 0.0852. The monoisotopic (exact) mass is 510 g/mol. The molecule has 10 heteroatoms. The first-order valence-corrected chi connectivity index (χ1v) is 13.2. The van der Waals surface area contributed by atoms with E-state index in [0.717, 1.165) is 23.9 Å². The average Bonchev–Trinajstić information content (AvgIpc) is 3.44. The van der Waals surface area contributed by atoms with E-state index in [1.807, 2.05) is 50.3 Å². The molecule has 0 spiro atoms. The zero-order chi connectivity index (χ0) is 26.7. The summed E-state index contributed by atoms with van der Waals surface area (Å²) in [5.41, 5.74) is 1.50. The van der Waals surface area contributed by atoms with E-state index in [4.69, 9.17) is 0 Å². The van der Waals surface area contributed by atoms with Gasteiger partial charge >= 0.3 is 0 Å². The van der Waals surface area contributed by atoms with E-state index in [-0.39, 0.29) is 42.8 Å². The van der Waals surface area contributed by atoms with Crippen molar-refractivity contribution in [3.05, 3.63) is 36.4 Å². The lowest BCUT2D eigenvalue weighted by Crippen LogP contribution is -2.52. The number of benzene rings is 1. The molecule has 1 aliphatic carbocycles. The van der Waals surface area contributed by atoms with E-state index in [1.54, 1.807) is 16.6 Å². The number of hydrogen-bond acceptors (Lipinski definition) is 6. The van der Waals surface area contributed by atoms with E-state index in [0.29, 0.717) is 6.42 Å². The molecule has 10 nitrogen and oxygen atoms in total. The van der Waals surface area contributed by atoms with Gasteiger partial charge in [0.2, 0.25) is 17.7 Å². The Morgan fingerprint density at radius 1 is 1.16 bits per heavy atom. The van der Waals surface area contributed by atoms with Crippen LogP contribution in [-0.4, -0.2) is 68.5 Å². The maximum atomic E-state index is 14.0. The third-order valence-corrected chi connectivity index (χ3v) is 7.66. The summed E-state index contributed by atoms with van der Waals surface area (Å²) in [5.74, 6) is -2.35. The van der Waals surface area contributed by atoms with Gasteiger partial charge in [0.1, 0.15) is 18.2 Å². The highest BCUT2D eigenvalue weighted by atomic mass is 16.3. The highest BCUT2D eigenvalue weighted by molar-refractivity contribution is 5.97. The van der Waals surface area contributed by atoms with Crippen molar-refractivity contribution in [2.24, 2.45) is 29.6 Å². The molecule has 1 aliphatic heterocycles. The second-order valence-electron chi connectivity index (χ2n) is 10.5. The number of carbonyl (C=O) groups is 3. The smallest absolute Gasteiger partial charge is 0.244 e. The third-order valence-electron chi connectivity index (χ3n) is 7.66. The number of likely N-dealkylation sites (tertiary alicyclic amines) is 1. The van der Waals surface area contributed by atoms with Gasteiger partial charge in [-0.25, -0.2) is 4.68 Å². The van der Waals surface area contributed by atoms with E-state index in [1.165, 1.54) is 0 Å². The van der Waals surface area contributed by atoms with E-state index >= 15 is 0 Å². The largest absolute Gasteiger partial charge is 0.394 e. The molecule has 3 amide bonds. The SMILES string of the molecule is CCC[C@@H]1C=C[C@H]2[C@H](C(=O)N([C@@H](CO)CC(C)C)[C@@H]2C(=O)NCn2nnc3ccccc32)[C@@H]1C(=O)NC. The second kappa shape index (κ2) is 11.4. The summed E-state index contributed by atoms with van der Waals surface area (Å²) in [7, 11) is 1.58. The molecule has 4 rings (SSSR count). The van der Waals surface area contributed by atoms with Gasteiger partial charge in [-0.15, -0.1) is 5.10 Å². The van der Waals surface area contributed by atoms with Crippen molar-refractivity contribution in [3.8, 4) is 0 Å². The van der Waals surface area contributed by atoms with Crippen molar-refractivity contribution in [3.63, 3.8) is 0 Å². The molecule has 2 aromatic rings. The third kappa shape index (κ3) is 5.12. The van der Waals surface area contributed by atoms with Crippen molar-refractivity contribution in [1.82, 2.24) is 30.5 Å². The number of allylic oxidation sites excluding steroid dienone is 1. The zero-order valence-electron chi connectivity index (χ0n) is 22.0. The number of aliphatic hydroxyl groups is 1. The molecule has 1 aromatic carbocycles. The number of nitrogens with one attached hydrogen (secondary N) is 2. The molecule has 3 N–H and O–H groups in total. The lowest BCUT2D eigenvalue weighted by atomic mass is 9.68. The van der Waals surface area contributed by atoms with Crippen LogP contribution in [0.25, 0.3) is 11.0 Å². The summed E-state index contributed by atoms with van der Waals surface area (Å²) in [4.78, 5) is 42.4. The van der Waals surface area contributed by atoms with Crippen LogP contribution in [0.2, 0.25) is 0 Å². The van der Waals surface area contributed by atoms with Crippen molar-refractivity contribution in [2.75, 3.05) is 13.7 Å². The van der Waals surface area contributed by atoms with Gasteiger partial charge in [0.05, 0.1) is 30.0 Å². The van der Waals surface area contributed by atoms with Crippen LogP contribution in [0.1, 0.15) is 40.0 Å².